The van der Waals surface area contributed by atoms with Gasteiger partial charge in [-0.3, -0.25) is 9.69 Å². The first kappa shape index (κ1) is 21.2. The summed E-state index contributed by atoms with van der Waals surface area (Å²) < 4.78 is 5.55. The zero-order valence-corrected chi connectivity index (χ0v) is 18.7. The summed E-state index contributed by atoms with van der Waals surface area (Å²) in [5, 5.41) is 0.720. The van der Waals surface area contributed by atoms with Crippen molar-refractivity contribution in [2.45, 2.75) is 46.6 Å². The van der Waals surface area contributed by atoms with Gasteiger partial charge in [0.2, 0.25) is 0 Å². The van der Waals surface area contributed by atoms with E-state index in [0.29, 0.717) is 10.8 Å². The lowest BCUT2D eigenvalue weighted by Crippen LogP contribution is -2.35. The highest BCUT2D eigenvalue weighted by Gasteiger charge is 2.35. The van der Waals surface area contributed by atoms with Gasteiger partial charge in [-0.15, -0.1) is 0 Å². The summed E-state index contributed by atoms with van der Waals surface area (Å²) in [5.74, 6) is 1.22. The highest BCUT2D eigenvalue weighted by molar-refractivity contribution is 8.18. The number of amidine groups is 1. The molecule has 0 radical (unpaired) electrons. The Morgan fingerprint density at radius 3 is 2.38 bits per heavy atom. The Morgan fingerprint density at radius 2 is 1.79 bits per heavy atom. The van der Waals surface area contributed by atoms with Crippen LogP contribution in [0, 0.1) is 6.92 Å². The molecule has 4 nitrogen and oxygen atoms in total. The van der Waals surface area contributed by atoms with Crippen LogP contribution in [-0.4, -0.2) is 29.1 Å². The third-order valence-corrected chi connectivity index (χ3v) is 5.84. The first-order valence-electron chi connectivity index (χ1n) is 9.87. The number of para-hydroxylation sites is 1. The largest absolute Gasteiger partial charge is 0.496 e. The second-order valence-corrected chi connectivity index (χ2v) is 8.72. The Kier molecular flexibility index (Phi) is 6.48. The number of amides is 1. The lowest BCUT2D eigenvalue weighted by atomic mass is 9.96. The fourth-order valence-corrected chi connectivity index (χ4v) is 4.38. The topological polar surface area (TPSA) is 41.9 Å². The van der Waals surface area contributed by atoms with Crippen molar-refractivity contribution in [1.82, 2.24) is 4.90 Å². The molecule has 0 spiro atoms. The number of benzene rings is 2. The normalized spacial score (nSPS) is 17.2. The van der Waals surface area contributed by atoms with E-state index in [0.717, 1.165) is 33.3 Å². The first-order valence-corrected chi connectivity index (χ1v) is 10.7. The van der Waals surface area contributed by atoms with Gasteiger partial charge >= 0.3 is 0 Å². The van der Waals surface area contributed by atoms with E-state index in [9.17, 15) is 4.79 Å². The molecule has 3 rings (SSSR count). The number of carbonyl (C=O) groups is 1. The highest BCUT2D eigenvalue weighted by Crippen LogP contribution is 2.37. The van der Waals surface area contributed by atoms with Crippen LogP contribution in [0.1, 0.15) is 50.3 Å². The van der Waals surface area contributed by atoms with Gasteiger partial charge in [-0.25, -0.2) is 4.99 Å². The van der Waals surface area contributed by atoms with Gasteiger partial charge in [0.05, 0.1) is 17.7 Å². The fraction of sp³-hybridized carbons (Fsp3) is 0.333. The number of carbonyl (C=O) groups excluding carboxylic acids is 1. The second-order valence-electron chi connectivity index (χ2n) is 7.71. The average molecular weight is 409 g/mol. The molecule has 0 unspecified atom stereocenters. The van der Waals surface area contributed by atoms with Crippen molar-refractivity contribution in [3.63, 3.8) is 0 Å². The minimum Gasteiger partial charge on any atom is -0.496 e. The van der Waals surface area contributed by atoms with Crippen LogP contribution in [0.4, 0.5) is 5.69 Å². The SMILES string of the molecule is COc1cc(C)c(/C=C2\SC(=Nc3ccccc3)N(C(C)C)C2=O)cc1C(C)C. The van der Waals surface area contributed by atoms with Gasteiger partial charge in [0.15, 0.2) is 5.17 Å². The zero-order valence-electron chi connectivity index (χ0n) is 17.9. The van der Waals surface area contributed by atoms with Crippen LogP contribution in [-0.2, 0) is 4.79 Å². The molecule has 2 aromatic rings. The molecule has 0 N–H and O–H groups in total. The van der Waals surface area contributed by atoms with Gasteiger partial charge in [0, 0.05) is 6.04 Å². The summed E-state index contributed by atoms with van der Waals surface area (Å²) >= 11 is 1.43. The number of aliphatic imine (C=N–C) groups is 1. The monoisotopic (exact) mass is 408 g/mol. The van der Waals surface area contributed by atoms with E-state index in [2.05, 4.69) is 19.9 Å². The Balaban J connectivity index is 2.03. The van der Waals surface area contributed by atoms with E-state index in [1.54, 1.807) is 12.0 Å². The smallest absolute Gasteiger partial charge is 0.266 e. The average Bonchev–Trinajstić information content (AvgIpc) is 2.98. The lowest BCUT2D eigenvalue weighted by Gasteiger charge is -2.19. The van der Waals surface area contributed by atoms with Crippen molar-refractivity contribution in [1.29, 1.82) is 0 Å². The van der Waals surface area contributed by atoms with Crippen LogP contribution in [0.25, 0.3) is 6.08 Å². The van der Waals surface area contributed by atoms with Gasteiger partial charge in [-0.05, 0) is 85.5 Å². The number of hydrogen-bond donors (Lipinski definition) is 0. The van der Waals surface area contributed by atoms with Crippen molar-refractivity contribution in [2.75, 3.05) is 7.11 Å². The second kappa shape index (κ2) is 8.87. The number of methoxy groups -OCH3 is 1. The van der Waals surface area contributed by atoms with Crippen LogP contribution in [0.3, 0.4) is 0 Å². The Labute approximate surface area is 177 Å². The molecule has 29 heavy (non-hydrogen) atoms. The summed E-state index contributed by atoms with van der Waals surface area (Å²) in [5.41, 5.74) is 4.10. The number of thioether (sulfide) groups is 1. The molecule has 0 atom stereocenters. The van der Waals surface area contributed by atoms with Crippen LogP contribution in [0.5, 0.6) is 5.75 Å². The fourth-order valence-electron chi connectivity index (χ4n) is 3.27. The highest BCUT2D eigenvalue weighted by atomic mass is 32.2. The number of nitrogens with zero attached hydrogens (tertiary/aromatic N) is 2. The molecule has 0 aromatic heterocycles. The number of hydrogen-bond acceptors (Lipinski definition) is 4. The summed E-state index contributed by atoms with van der Waals surface area (Å²) in [6, 6.07) is 14.0. The molecule has 1 aliphatic heterocycles. The van der Waals surface area contributed by atoms with Gasteiger partial charge < -0.3 is 4.74 Å². The number of ether oxygens (including phenoxy) is 1. The molecule has 1 fully saturated rings. The molecule has 0 aliphatic carbocycles. The van der Waals surface area contributed by atoms with Gasteiger partial charge in [0.25, 0.3) is 5.91 Å². The van der Waals surface area contributed by atoms with Crippen molar-refractivity contribution < 1.29 is 9.53 Å². The predicted octanol–water partition coefficient (Wildman–Crippen LogP) is 6.14. The van der Waals surface area contributed by atoms with E-state index in [-0.39, 0.29) is 11.9 Å². The quantitative estimate of drug-likeness (QED) is 0.558. The molecular formula is C24H28N2O2S. The third kappa shape index (κ3) is 4.56. The van der Waals surface area contributed by atoms with E-state index in [1.807, 2.05) is 63.2 Å². The van der Waals surface area contributed by atoms with Crippen molar-refractivity contribution in [2.24, 2.45) is 4.99 Å². The van der Waals surface area contributed by atoms with Gasteiger partial charge in [-0.1, -0.05) is 32.0 Å². The van der Waals surface area contributed by atoms with E-state index >= 15 is 0 Å². The number of rotatable bonds is 5. The Bertz CT molecular complexity index is 962. The summed E-state index contributed by atoms with van der Waals surface area (Å²) in [6.45, 7) is 10.4. The van der Waals surface area contributed by atoms with Crippen LogP contribution in [0.15, 0.2) is 52.4 Å². The molecule has 0 bridgehead atoms. The molecule has 1 aliphatic rings. The van der Waals surface area contributed by atoms with E-state index in [4.69, 9.17) is 9.73 Å². The molecule has 0 saturated carbocycles. The van der Waals surface area contributed by atoms with Crippen LogP contribution in [0.2, 0.25) is 0 Å². The standard InChI is InChI=1S/C24H28N2O2S/c1-15(2)20-13-18(17(5)12-21(20)28-6)14-22-23(27)26(16(3)4)24(29-22)25-19-10-8-7-9-11-19/h7-16H,1-6H3/b22-14-,25-24?. The Hall–Kier alpha value is -2.53. The summed E-state index contributed by atoms with van der Waals surface area (Å²) in [4.78, 5) is 20.3. The number of aryl methyl sites for hydroxylation is 1. The molecule has 1 saturated heterocycles. The first-order chi connectivity index (χ1) is 13.8. The van der Waals surface area contributed by atoms with Crippen LogP contribution < -0.4 is 4.74 Å². The van der Waals surface area contributed by atoms with Gasteiger partial charge in [-0.2, -0.15) is 0 Å². The van der Waals surface area contributed by atoms with E-state index < -0.39 is 0 Å². The van der Waals surface area contributed by atoms with Crippen molar-refractivity contribution in [3.05, 3.63) is 64.1 Å². The molecule has 1 amide bonds. The molecular weight excluding hydrogens is 380 g/mol. The maximum absolute atomic E-state index is 13.1. The van der Waals surface area contributed by atoms with Crippen LogP contribution >= 0.6 is 11.8 Å². The molecule has 152 valence electrons. The van der Waals surface area contributed by atoms with Crippen molar-refractivity contribution in [3.8, 4) is 5.75 Å². The van der Waals surface area contributed by atoms with Crippen molar-refractivity contribution >= 4 is 34.6 Å². The van der Waals surface area contributed by atoms with E-state index in [1.165, 1.54) is 11.8 Å². The predicted molar refractivity (Wildman–Crippen MR) is 123 cm³/mol. The minimum absolute atomic E-state index is 0.000922. The summed E-state index contributed by atoms with van der Waals surface area (Å²) in [7, 11) is 1.70. The molecule has 2 aromatic carbocycles. The zero-order chi connectivity index (χ0) is 21.1. The van der Waals surface area contributed by atoms with Gasteiger partial charge in [0.1, 0.15) is 5.75 Å². The summed E-state index contributed by atoms with van der Waals surface area (Å²) in [6.07, 6.45) is 1.98. The Morgan fingerprint density at radius 1 is 1.10 bits per heavy atom. The minimum atomic E-state index is 0.000922. The lowest BCUT2D eigenvalue weighted by molar-refractivity contribution is -0.123. The maximum Gasteiger partial charge on any atom is 0.266 e. The third-order valence-electron chi connectivity index (χ3n) is 4.86. The maximum atomic E-state index is 13.1. The molecule has 1 heterocycles. The molecule has 5 heteroatoms.